The second-order valence-electron chi connectivity index (χ2n) is 4.70. The van der Waals surface area contributed by atoms with Gasteiger partial charge in [-0.2, -0.15) is 0 Å². The number of benzene rings is 1. The van der Waals surface area contributed by atoms with Gasteiger partial charge in [-0.15, -0.1) is 0 Å². The first-order valence-corrected chi connectivity index (χ1v) is 6.26. The number of halogens is 1. The molecular formula is C13H16ClNO. The predicted molar refractivity (Wildman–Crippen MR) is 64.9 cm³/mol. The summed E-state index contributed by atoms with van der Waals surface area (Å²) in [6.45, 7) is 4.82. The average Bonchev–Trinajstić information content (AvgIpc) is 2.74. The molecule has 2 nitrogen and oxygen atoms in total. The third-order valence-corrected chi connectivity index (χ3v) is 4.39. The molecule has 3 heteroatoms. The maximum atomic E-state index is 6.22. The van der Waals surface area contributed by atoms with E-state index in [9.17, 15) is 0 Å². The minimum Gasteiger partial charge on any atom is -0.368 e. The van der Waals surface area contributed by atoms with Crippen LogP contribution in [0.4, 0.5) is 0 Å². The Morgan fingerprint density at radius 1 is 1.56 bits per heavy atom. The van der Waals surface area contributed by atoms with Crippen LogP contribution in [0.2, 0.25) is 5.02 Å². The Labute approximate surface area is 101 Å². The molecule has 1 saturated heterocycles. The highest BCUT2D eigenvalue weighted by atomic mass is 35.5. The van der Waals surface area contributed by atoms with Crippen LogP contribution >= 0.6 is 11.6 Å². The van der Waals surface area contributed by atoms with E-state index in [1.807, 2.05) is 12.1 Å². The second kappa shape index (κ2) is 3.73. The van der Waals surface area contributed by atoms with E-state index >= 15 is 0 Å². The lowest BCUT2D eigenvalue weighted by molar-refractivity contribution is -0.0678. The summed E-state index contributed by atoms with van der Waals surface area (Å²) in [7, 11) is 0. The number of fused-ring (bicyclic) bond motifs is 3. The van der Waals surface area contributed by atoms with Gasteiger partial charge >= 0.3 is 0 Å². The molecule has 3 rings (SSSR count). The molecule has 0 saturated carbocycles. The van der Waals surface area contributed by atoms with Crippen LogP contribution in [-0.2, 0) is 11.3 Å². The maximum Gasteiger partial charge on any atom is 0.0888 e. The summed E-state index contributed by atoms with van der Waals surface area (Å²) in [5, 5.41) is 4.29. The molecule has 0 spiro atoms. The molecule has 1 aromatic carbocycles. The van der Waals surface area contributed by atoms with Crippen molar-refractivity contribution >= 4 is 11.6 Å². The van der Waals surface area contributed by atoms with E-state index < -0.39 is 0 Å². The average molecular weight is 238 g/mol. The molecule has 0 radical (unpaired) electrons. The molecule has 0 aromatic heterocycles. The van der Waals surface area contributed by atoms with Crippen LogP contribution in [0.15, 0.2) is 18.2 Å². The standard InChI is InChI=1S/C13H16ClNO/c1-2-13-8-15-6-11(13)9-4-3-5-12(14)10(9)7-16-13/h3-5,11,15H,2,6-8H2,1H3/t11-,13+/m1/s1. The van der Waals surface area contributed by atoms with E-state index in [-0.39, 0.29) is 5.60 Å². The summed E-state index contributed by atoms with van der Waals surface area (Å²) in [4.78, 5) is 0. The zero-order valence-corrected chi connectivity index (χ0v) is 10.2. The number of hydrogen-bond donors (Lipinski definition) is 1. The molecular weight excluding hydrogens is 222 g/mol. The maximum absolute atomic E-state index is 6.22. The zero-order valence-electron chi connectivity index (χ0n) is 9.42. The van der Waals surface area contributed by atoms with Crippen molar-refractivity contribution in [1.82, 2.24) is 5.32 Å². The first kappa shape index (κ1) is 10.6. The van der Waals surface area contributed by atoms with Gasteiger partial charge in [-0.05, 0) is 23.6 Å². The van der Waals surface area contributed by atoms with Crippen molar-refractivity contribution in [3.63, 3.8) is 0 Å². The largest absolute Gasteiger partial charge is 0.368 e. The number of hydrogen-bond acceptors (Lipinski definition) is 2. The quantitative estimate of drug-likeness (QED) is 0.811. The lowest BCUT2D eigenvalue weighted by Crippen LogP contribution is -2.42. The van der Waals surface area contributed by atoms with E-state index in [1.54, 1.807) is 0 Å². The molecule has 2 aliphatic rings. The van der Waals surface area contributed by atoms with Crippen LogP contribution < -0.4 is 5.32 Å². The molecule has 16 heavy (non-hydrogen) atoms. The fourth-order valence-corrected chi connectivity index (χ4v) is 3.26. The summed E-state index contributed by atoms with van der Waals surface area (Å²) >= 11 is 6.22. The lowest BCUT2D eigenvalue weighted by atomic mass is 9.79. The highest BCUT2D eigenvalue weighted by Gasteiger charge is 2.46. The summed E-state index contributed by atoms with van der Waals surface area (Å²) in [5.74, 6) is 0.458. The van der Waals surface area contributed by atoms with Gasteiger partial charge in [0.15, 0.2) is 0 Å². The monoisotopic (exact) mass is 237 g/mol. The minimum atomic E-state index is -0.00230. The molecule has 1 aromatic rings. The lowest BCUT2D eigenvalue weighted by Gasteiger charge is -2.39. The van der Waals surface area contributed by atoms with E-state index in [0.717, 1.165) is 24.5 Å². The van der Waals surface area contributed by atoms with Gasteiger partial charge in [0, 0.05) is 24.0 Å². The van der Waals surface area contributed by atoms with Crippen LogP contribution in [0.25, 0.3) is 0 Å². The molecule has 86 valence electrons. The molecule has 0 aliphatic carbocycles. The summed E-state index contributed by atoms with van der Waals surface area (Å²) in [6, 6.07) is 6.20. The molecule has 1 N–H and O–H groups in total. The smallest absolute Gasteiger partial charge is 0.0888 e. The molecule has 2 aliphatic heterocycles. The summed E-state index contributed by atoms with van der Waals surface area (Å²) in [6.07, 6.45) is 1.05. The van der Waals surface area contributed by atoms with Crippen LogP contribution in [0.3, 0.4) is 0 Å². The van der Waals surface area contributed by atoms with Crippen molar-refractivity contribution in [2.75, 3.05) is 13.1 Å². The van der Waals surface area contributed by atoms with Gasteiger partial charge < -0.3 is 10.1 Å². The van der Waals surface area contributed by atoms with Crippen LogP contribution in [0.5, 0.6) is 0 Å². The van der Waals surface area contributed by atoms with E-state index in [4.69, 9.17) is 16.3 Å². The van der Waals surface area contributed by atoms with Gasteiger partial charge in [-0.25, -0.2) is 0 Å². The van der Waals surface area contributed by atoms with Gasteiger partial charge in [0.2, 0.25) is 0 Å². The fourth-order valence-electron chi connectivity index (χ4n) is 3.03. The van der Waals surface area contributed by atoms with E-state index in [0.29, 0.717) is 12.5 Å². The fraction of sp³-hybridized carbons (Fsp3) is 0.538. The zero-order chi connectivity index (χ0) is 11.2. The van der Waals surface area contributed by atoms with Crippen LogP contribution in [0.1, 0.15) is 30.4 Å². The Bertz CT molecular complexity index is 420. The first-order valence-electron chi connectivity index (χ1n) is 5.89. The van der Waals surface area contributed by atoms with Crippen LogP contribution in [0, 0.1) is 0 Å². The van der Waals surface area contributed by atoms with E-state index in [1.165, 1.54) is 11.1 Å². The van der Waals surface area contributed by atoms with Crippen molar-refractivity contribution in [2.45, 2.75) is 31.5 Å². The van der Waals surface area contributed by atoms with Gasteiger partial charge in [-0.3, -0.25) is 0 Å². The topological polar surface area (TPSA) is 21.3 Å². The Balaban J connectivity index is 2.10. The Hall–Kier alpha value is -0.570. The van der Waals surface area contributed by atoms with Crippen molar-refractivity contribution < 1.29 is 4.74 Å². The molecule has 2 heterocycles. The van der Waals surface area contributed by atoms with Gasteiger partial charge in [0.05, 0.1) is 12.2 Å². The van der Waals surface area contributed by atoms with Crippen molar-refractivity contribution in [1.29, 1.82) is 0 Å². The molecule has 2 atom stereocenters. The normalized spacial score (nSPS) is 32.2. The number of nitrogens with one attached hydrogen (secondary N) is 1. The first-order chi connectivity index (χ1) is 7.77. The van der Waals surface area contributed by atoms with E-state index in [2.05, 4.69) is 18.3 Å². The molecule has 1 fully saturated rings. The van der Waals surface area contributed by atoms with Crippen molar-refractivity contribution in [3.8, 4) is 0 Å². The third-order valence-electron chi connectivity index (χ3n) is 4.04. The summed E-state index contributed by atoms with van der Waals surface area (Å²) in [5.41, 5.74) is 2.56. The van der Waals surface area contributed by atoms with Gasteiger partial charge in [0.25, 0.3) is 0 Å². The summed E-state index contributed by atoms with van der Waals surface area (Å²) < 4.78 is 6.10. The Kier molecular flexibility index (Phi) is 2.46. The molecule has 0 amide bonds. The highest BCUT2D eigenvalue weighted by molar-refractivity contribution is 6.31. The van der Waals surface area contributed by atoms with Crippen molar-refractivity contribution in [3.05, 3.63) is 34.3 Å². The second-order valence-corrected chi connectivity index (χ2v) is 5.11. The molecule has 0 bridgehead atoms. The van der Waals surface area contributed by atoms with Crippen molar-refractivity contribution in [2.24, 2.45) is 0 Å². The number of ether oxygens (including phenoxy) is 1. The SMILES string of the molecule is CC[C@]12CNC[C@@H]1c1cccc(Cl)c1CO2. The van der Waals surface area contributed by atoms with Gasteiger partial charge in [0.1, 0.15) is 0 Å². The third kappa shape index (κ3) is 1.33. The molecule has 0 unspecified atom stereocenters. The Morgan fingerprint density at radius 3 is 3.25 bits per heavy atom. The Morgan fingerprint density at radius 2 is 2.44 bits per heavy atom. The predicted octanol–water partition coefficient (Wildman–Crippen LogP) is 2.71. The highest BCUT2D eigenvalue weighted by Crippen LogP contribution is 2.44. The number of rotatable bonds is 1. The van der Waals surface area contributed by atoms with Crippen LogP contribution in [-0.4, -0.2) is 18.7 Å². The van der Waals surface area contributed by atoms with Gasteiger partial charge in [-0.1, -0.05) is 30.7 Å². The minimum absolute atomic E-state index is 0.00230.